The molecule has 4 nitrogen and oxygen atoms in total. The number of hydrogen-bond donors (Lipinski definition) is 2. The summed E-state index contributed by atoms with van der Waals surface area (Å²) in [5.74, 6) is 1.51. The van der Waals surface area contributed by atoms with E-state index in [1.54, 1.807) is 6.92 Å². The van der Waals surface area contributed by atoms with Crippen molar-refractivity contribution in [3.8, 4) is 0 Å². The van der Waals surface area contributed by atoms with E-state index >= 15 is 0 Å². The second-order valence-electron chi connectivity index (χ2n) is 6.85. The number of rotatable bonds is 4. The molecule has 2 saturated carbocycles. The van der Waals surface area contributed by atoms with E-state index in [2.05, 4.69) is 17.2 Å². The Labute approximate surface area is 126 Å². The van der Waals surface area contributed by atoms with Crippen LogP contribution >= 0.6 is 0 Å². The summed E-state index contributed by atoms with van der Waals surface area (Å²) in [5.41, 5.74) is 2.49. The van der Waals surface area contributed by atoms with Crippen LogP contribution in [0.25, 0.3) is 0 Å². The van der Waals surface area contributed by atoms with Crippen molar-refractivity contribution in [3.05, 3.63) is 23.0 Å². The first-order valence-corrected chi connectivity index (χ1v) is 7.93. The number of pyridine rings is 1. The van der Waals surface area contributed by atoms with Gasteiger partial charge in [-0.2, -0.15) is 0 Å². The Hall–Kier alpha value is -1.58. The number of anilines is 1. The van der Waals surface area contributed by atoms with E-state index in [-0.39, 0.29) is 0 Å². The Morgan fingerprint density at radius 2 is 2.14 bits per heavy atom. The van der Waals surface area contributed by atoms with Crippen LogP contribution in [0.3, 0.4) is 0 Å². The highest BCUT2D eigenvalue weighted by Gasteiger charge is 2.41. The van der Waals surface area contributed by atoms with Crippen LogP contribution in [-0.2, 0) is 0 Å². The molecule has 2 N–H and O–H groups in total. The van der Waals surface area contributed by atoms with Crippen molar-refractivity contribution in [2.24, 2.45) is 17.8 Å². The maximum Gasteiger partial charge on any atom is 0.339 e. The summed E-state index contributed by atoms with van der Waals surface area (Å²) < 4.78 is 0. The molecule has 4 unspecified atom stereocenters. The van der Waals surface area contributed by atoms with Crippen LogP contribution in [0.4, 0.5) is 5.69 Å². The van der Waals surface area contributed by atoms with Gasteiger partial charge in [-0.15, -0.1) is 0 Å². The first-order valence-electron chi connectivity index (χ1n) is 7.93. The number of hydrogen-bond acceptors (Lipinski definition) is 3. The minimum Gasteiger partial charge on any atom is -0.478 e. The van der Waals surface area contributed by atoms with Gasteiger partial charge in [0.05, 0.1) is 11.4 Å². The number of aromatic carboxylic acids is 1. The maximum absolute atomic E-state index is 11.5. The van der Waals surface area contributed by atoms with Crippen molar-refractivity contribution >= 4 is 11.7 Å². The van der Waals surface area contributed by atoms with E-state index in [0.717, 1.165) is 23.2 Å². The average molecular weight is 288 g/mol. The Kier molecular flexibility index (Phi) is 3.64. The predicted octanol–water partition coefficient (Wildman–Crippen LogP) is 3.63. The molecule has 0 radical (unpaired) electrons. The smallest absolute Gasteiger partial charge is 0.339 e. The van der Waals surface area contributed by atoms with Gasteiger partial charge in [0, 0.05) is 11.7 Å². The first-order chi connectivity index (χ1) is 9.95. The second-order valence-corrected chi connectivity index (χ2v) is 6.85. The lowest BCUT2D eigenvalue weighted by Gasteiger charge is -2.30. The van der Waals surface area contributed by atoms with Gasteiger partial charge in [0.15, 0.2) is 0 Å². The van der Waals surface area contributed by atoms with Crippen LogP contribution < -0.4 is 5.32 Å². The van der Waals surface area contributed by atoms with Gasteiger partial charge in [-0.1, -0.05) is 6.42 Å². The van der Waals surface area contributed by atoms with Crippen molar-refractivity contribution in [1.82, 2.24) is 4.98 Å². The molecule has 114 valence electrons. The standard InChI is InChI=1S/C17H24N2O2/c1-9-6-15(16(17(20)21)11(3)18-9)19-10(2)14-8-12-4-5-13(14)7-12/h6,10,12-14H,4-5,7-8H2,1-3H3,(H,18,19)(H,20,21). The molecule has 1 heterocycles. The maximum atomic E-state index is 11.5. The normalized spacial score (nSPS) is 28.6. The largest absolute Gasteiger partial charge is 0.478 e. The Bertz CT molecular complexity index is 570. The Morgan fingerprint density at radius 1 is 1.38 bits per heavy atom. The molecule has 1 aromatic heterocycles. The molecule has 1 aromatic rings. The van der Waals surface area contributed by atoms with Gasteiger partial charge < -0.3 is 10.4 Å². The fourth-order valence-corrected chi connectivity index (χ4v) is 4.47. The molecule has 2 fully saturated rings. The molecule has 0 saturated heterocycles. The summed E-state index contributed by atoms with van der Waals surface area (Å²) in [6.45, 7) is 5.87. The number of fused-ring (bicyclic) bond motifs is 2. The van der Waals surface area contributed by atoms with Crippen molar-refractivity contribution in [2.75, 3.05) is 5.32 Å². The number of carbonyl (C=O) groups is 1. The molecule has 21 heavy (non-hydrogen) atoms. The van der Waals surface area contributed by atoms with Gasteiger partial charge >= 0.3 is 5.97 Å². The summed E-state index contributed by atoms with van der Waals surface area (Å²) in [7, 11) is 0. The topological polar surface area (TPSA) is 62.2 Å². The fourth-order valence-electron chi connectivity index (χ4n) is 4.47. The Morgan fingerprint density at radius 3 is 2.71 bits per heavy atom. The SMILES string of the molecule is Cc1cc(NC(C)C2CC3CCC2C3)c(C(=O)O)c(C)n1. The van der Waals surface area contributed by atoms with Crippen LogP contribution in [0.1, 0.15) is 54.4 Å². The highest BCUT2D eigenvalue weighted by atomic mass is 16.4. The highest BCUT2D eigenvalue weighted by Crippen LogP contribution is 2.49. The zero-order valence-corrected chi connectivity index (χ0v) is 13.0. The van der Waals surface area contributed by atoms with Gasteiger partial charge in [-0.3, -0.25) is 4.98 Å². The number of nitrogens with one attached hydrogen (secondary N) is 1. The summed E-state index contributed by atoms with van der Waals surface area (Å²) >= 11 is 0. The van der Waals surface area contributed by atoms with Gasteiger partial charge in [-0.05, 0) is 63.9 Å². The third-order valence-corrected chi connectivity index (χ3v) is 5.36. The van der Waals surface area contributed by atoms with Gasteiger partial charge in [0.2, 0.25) is 0 Å². The lowest BCUT2D eigenvalue weighted by Crippen LogP contribution is -2.30. The van der Waals surface area contributed by atoms with Crippen LogP contribution in [0, 0.1) is 31.6 Å². The molecule has 3 rings (SSSR count). The fraction of sp³-hybridized carbons (Fsp3) is 0.647. The number of aromatic nitrogens is 1. The molecule has 2 bridgehead atoms. The first kappa shape index (κ1) is 14.4. The molecule has 4 atom stereocenters. The van der Waals surface area contributed by atoms with Crippen LogP contribution in [0.2, 0.25) is 0 Å². The van der Waals surface area contributed by atoms with Crippen LogP contribution in [0.15, 0.2) is 6.07 Å². The van der Waals surface area contributed by atoms with Gasteiger partial charge in [0.25, 0.3) is 0 Å². The van der Waals surface area contributed by atoms with E-state index in [4.69, 9.17) is 0 Å². The third kappa shape index (κ3) is 2.63. The summed E-state index contributed by atoms with van der Waals surface area (Å²) in [6, 6.07) is 2.18. The van der Waals surface area contributed by atoms with Crippen molar-refractivity contribution in [2.45, 2.75) is 52.5 Å². The zero-order valence-electron chi connectivity index (χ0n) is 13.0. The molecule has 0 aromatic carbocycles. The molecule has 0 aliphatic heterocycles. The highest BCUT2D eigenvalue weighted by molar-refractivity contribution is 5.95. The van der Waals surface area contributed by atoms with Gasteiger partial charge in [-0.25, -0.2) is 4.79 Å². The minimum absolute atomic E-state index is 0.315. The molecule has 2 aliphatic rings. The molecular weight excluding hydrogens is 264 g/mol. The van der Waals surface area contributed by atoms with Crippen molar-refractivity contribution in [3.63, 3.8) is 0 Å². The second kappa shape index (κ2) is 5.32. The molecule has 0 amide bonds. The zero-order chi connectivity index (χ0) is 15.1. The monoisotopic (exact) mass is 288 g/mol. The number of carboxylic acids is 1. The lowest BCUT2D eigenvalue weighted by molar-refractivity contribution is 0.0696. The van der Waals surface area contributed by atoms with E-state index < -0.39 is 5.97 Å². The minimum atomic E-state index is -0.900. The summed E-state index contributed by atoms with van der Waals surface area (Å²) in [4.78, 5) is 15.8. The lowest BCUT2D eigenvalue weighted by atomic mass is 9.84. The van der Waals surface area contributed by atoms with E-state index in [1.165, 1.54) is 25.7 Å². The molecule has 4 heteroatoms. The van der Waals surface area contributed by atoms with Crippen LogP contribution in [-0.4, -0.2) is 22.1 Å². The van der Waals surface area contributed by atoms with Crippen LogP contribution in [0.5, 0.6) is 0 Å². The van der Waals surface area contributed by atoms with E-state index in [1.807, 2.05) is 13.0 Å². The van der Waals surface area contributed by atoms with Crippen molar-refractivity contribution < 1.29 is 9.90 Å². The van der Waals surface area contributed by atoms with E-state index in [0.29, 0.717) is 23.2 Å². The third-order valence-electron chi connectivity index (χ3n) is 5.36. The molecule has 2 aliphatic carbocycles. The quantitative estimate of drug-likeness (QED) is 0.888. The number of nitrogens with zero attached hydrogens (tertiary/aromatic N) is 1. The molecule has 0 spiro atoms. The van der Waals surface area contributed by atoms with E-state index in [9.17, 15) is 9.90 Å². The average Bonchev–Trinajstić information content (AvgIpc) is 2.99. The number of carboxylic acid groups (broad SMARTS) is 1. The number of aryl methyl sites for hydroxylation is 2. The van der Waals surface area contributed by atoms with Gasteiger partial charge in [0.1, 0.15) is 5.56 Å². The summed E-state index contributed by atoms with van der Waals surface area (Å²) in [6.07, 6.45) is 5.41. The predicted molar refractivity (Wildman–Crippen MR) is 82.7 cm³/mol. The van der Waals surface area contributed by atoms with Crippen molar-refractivity contribution in [1.29, 1.82) is 0 Å². The molecular formula is C17H24N2O2. The Balaban J connectivity index is 1.82. The summed E-state index contributed by atoms with van der Waals surface area (Å²) in [5, 5.41) is 12.9.